The van der Waals surface area contributed by atoms with Gasteiger partial charge in [-0.25, -0.2) is 9.13 Å². The van der Waals surface area contributed by atoms with Gasteiger partial charge in [0.15, 0.2) is 12.2 Å². The number of carbonyl (C=O) groups excluding carboxylic acids is 4. The highest BCUT2D eigenvalue weighted by Gasteiger charge is 2.30. The monoisotopic (exact) mass is 1530 g/mol. The van der Waals surface area contributed by atoms with E-state index in [2.05, 4.69) is 149 Å². The maximum atomic E-state index is 13.1. The van der Waals surface area contributed by atoms with Crippen molar-refractivity contribution in [3.63, 3.8) is 0 Å². The molecule has 0 aliphatic rings. The van der Waals surface area contributed by atoms with Crippen molar-refractivity contribution in [1.29, 1.82) is 0 Å². The minimum atomic E-state index is -4.99. The van der Waals surface area contributed by atoms with Crippen LogP contribution in [-0.4, -0.2) is 96.7 Å². The van der Waals surface area contributed by atoms with Gasteiger partial charge in [0, 0.05) is 25.7 Å². The van der Waals surface area contributed by atoms with Crippen molar-refractivity contribution in [2.24, 2.45) is 0 Å². The van der Waals surface area contributed by atoms with Gasteiger partial charge in [-0.3, -0.25) is 37.3 Å². The molecular weight excluding hydrogens is 1380 g/mol. The lowest BCUT2D eigenvalue weighted by Crippen LogP contribution is -2.30. The Morgan fingerprint density at radius 1 is 0.274 bits per heavy atom. The summed E-state index contributed by atoms with van der Waals surface area (Å²) in [5.41, 5.74) is 0. The fourth-order valence-electron chi connectivity index (χ4n) is 11.1. The van der Waals surface area contributed by atoms with Crippen LogP contribution in [0.5, 0.6) is 0 Å². The van der Waals surface area contributed by atoms with Crippen molar-refractivity contribution in [2.75, 3.05) is 39.6 Å². The van der Waals surface area contributed by atoms with Crippen LogP contribution in [0.3, 0.4) is 0 Å². The molecule has 0 saturated carbocycles. The third-order valence-electron chi connectivity index (χ3n) is 17.4. The molecule has 0 radical (unpaired) electrons. The molecule has 0 aliphatic carbocycles. The van der Waals surface area contributed by atoms with Crippen molar-refractivity contribution < 1.29 is 80.2 Å². The van der Waals surface area contributed by atoms with Crippen molar-refractivity contribution in [1.82, 2.24) is 0 Å². The Morgan fingerprint density at radius 2 is 0.491 bits per heavy atom. The predicted molar refractivity (Wildman–Crippen MR) is 436 cm³/mol. The fraction of sp³-hybridized carbons (Fsp3) is 0.724. The van der Waals surface area contributed by atoms with E-state index >= 15 is 0 Å². The maximum Gasteiger partial charge on any atom is 0.472 e. The number of carbonyl (C=O) groups is 4. The topological polar surface area (TPSA) is 237 Å². The zero-order valence-electron chi connectivity index (χ0n) is 66.8. The van der Waals surface area contributed by atoms with E-state index in [1.54, 1.807) is 0 Å². The Morgan fingerprint density at radius 3 is 0.774 bits per heavy atom. The second-order valence-electron chi connectivity index (χ2n) is 27.7. The lowest BCUT2D eigenvalue weighted by Gasteiger charge is -2.21. The number of rotatable bonds is 78. The largest absolute Gasteiger partial charge is 0.472 e. The van der Waals surface area contributed by atoms with E-state index in [1.165, 1.54) is 103 Å². The Kier molecular flexibility index (Phi) is 75.2. The van der Waals surface area contributed by atoms with E-state index in [9.17, 15) is 43.2 Å². The first kappa shape index (κ1) is 101. The molecule has 5 unspecified atom stereocenters. The van der Waals surface area contributed by atoms with Gasteiger partial charge in [0.25, 0.3) is 0 Å². The van der Waals surface area contributed by atoms with Crippen molar-refractivity contribution in [2.45, 2.75) is 367 Å². The zero-order chi connectivity index (χ0) is 77.4. The Hall–Kier alpha value is -4.54. The molecule has 0 spiro atoms. The summed E-state index contributed by atoms with van der Waals surface area (Å²) in [6.07, 6.45) is 87.3. The number of unbranched alkanes of at least 4 members (excludes halogenated alkanes) is 32. The number of phosphoric acid groups is 2. The molecule has 0 bridgehead atoms. The zero-order valence-corrected chi connectivity index (χ0v) is 68.6. The summed E-state index contributed by atoms with van der Waals surface area (Å²) < 4.78 is 68.7. The van der Waals surface area contributed by atoms with E-state index in [0.717, 1.165) is 167 Å². The molecule has 17 nitrogen and oxygen atoms in total. The number of hydrogen-bond acceptors (Lipinski definition) is 15. The molecular formula is C87H150O17P2. The molecule has 106 heavy (non-hydrogen) atoms. The number of aliphatic hydroxyl groups excluding tert-OH is 1. The normalized spacial score (nSPS) is 14.4. The molecule has 0 aromatic carbocycles. The van der Waals surface area contributed by atoms with E-state index in [0.29, 0.717) is 25.7 Å². The maximum absolute atomic E-state index is 13.1. The first-order valence-electron chi connectivity index (χ1n) is 41.8. The highest BCUT2D eigenvalue weighted by molar-refractivity contribution is 7.47. The van der Waals surface area contributed by atoms with Gasteiger partial charge >= 0.3 is 39.5 Å². The molecule has 0 amide bonds. The Labute approximate surface area is 644 Å². The van der Waals surface area contributed by atoms with Gasteiger partial charge in [-0.15, -0.1) is 0 Å². The van der Waals surface area contributed by atoms with E-state index in [-0.39, 0.29) is 25.7 Å². The summed E-state index contributed by atoms with van der Waals surface area (Å²) in [4.78, 5) is 73.2. The second-order valence-corrected chi connectivity index (χ2v) is 30.6. The van der Waals surface area contributed by atoms with Crippen LogP contribution in [0.15, 0.2) is 122 Å². The van der Waals surface area contributed by atoms with Crippen LogP contribution in [0, 0.1) is 0 Å². The average Bonchev–Trinajstić information content (AvgIpc) is 0.909. The average molecular weight is 1530 g/mol. The summed E-state index contributed by atoms with van der Waals surface area (Å²) in [5.74, 6) is -2.23. The lowest BCUT2D eigenvalue weighted by atomic mass is 10.0. The number of ether oxygens (including phenoxy) is 4. The van der Waals surface area contributed by atoms with Crippen LogP contribution in [0.2, 0.25) is 0 Å². The van der Waals surface area contributed by atoms with Gasteiger partial charge in [0.2, 0.25) is 0 Å². The van der Waals surface area contributed by atoms with Gasteiger partial charge in [-0.2, -0.15) is 0 Å². The first-order chi connectivity index (χ1) is 51.7. The number of esters is 4. The van der Waals surface area contributed by atoms with Crippen molar-refractivity contribution in [3.05, 3.63) is 122 Å². The molecule has 19 heteroatoms. The standard InChI is InChI=1S/C87H150O17P2/c1-5-9-13-17-21-25-29-33-37-39-40-42-46-48-52-56-60-64-68-72-85(90)98-78-83(104-87(92)74-70-66-62-58-54-50-44-36-32-28-24-20-16-12-8-4)80-102-106(95,96)100-76-81(88)75-99-105(93,94)101-79-82(103-86(91)73-69-65-61-57-53-49-43-35-31-27-23-19-15-11-7-3)77-97-84(89)71-67-63-59-55-51-47-45-41-38-34-30-26-22-18-14-10-6-2/h9-10,13-14,21-22,25-26,33-34,36-38,40,42,44-45,47-48,52,81-83,88H,5-8,11-12,15-20,23-24,27-32,35,39,41,43,46,49-51,53-80H2,1-4H3,(H,93,94)(H,95,96)/b13-9-,14-10-,25-21-,26-22-,37-33-,38-34-,42-40-,44-36-,47-45-,52-48-. The third kappa shape index (κ3) is 77.6. The summed E-state index contributed by atoms with van der Waals surface area (Å²) in [6.45, 7) is 4.62. The Balaban J connectivity index is 5.41. The van der Waals surface area contributed by atoms with Crippen molar-refractivity contribution in [3.8, 4) is 0 Å². The lowest BCUT2D eigenvalue weighted by molar-refractivity contribution is -0.161. The third-order valence-corrected chi connectivity index (χ3v) is 19.3. The molecule has 5 atom stereocenters. The number of allylic oxidation sites excluding steroid dienone is 20. The predicted octanol–water partition coefficient (Wildman–Crippen LogP) is 24.7. The van der Waals surface area contributed by atoms with Gasteiger partial charge in [0.1, 0.15) is 19.3 Å². The second kappa shape index (κ2) is 78.6. The molecule has 610 valence electrons. The number of phosphoric ester groups is 2. The van der Waals surface area contributed by atoms with Crippen LogP contribution in [0.25, 0.3) is 0 Å². The summed E-state index contributed by atoms with van der Waals surface area (Å²) in [6, 6.07) is 0. The molecule has 0 fully saturated rings. The molecule has 3 N–H and O–H groups in total. The quantitative estimate of drug-likeness (QED) is 0.0169. The summed E-state index contributed by atoms with van der Waals surface area (Å²) in [5, 5.41) is 10.7. The molecule has 0 aromatic heterocycles. The van der Waals surface area contributed by atoms with E-state index < -0.39 is 97.5 Å². The van der Waals surface area contributed by atoms with Gasteiger partial charge in [-0.1, -0.05) is 310 Å². The van der Waals surface area contributed by atoms with Gasteiger partial charge in [-0.05, 0) is 135 Å². The number of aliphatic hydroxyl groups is 1. The van der Waals surface area contributed by atoms with E-state index in [4.69, 9.17) is 37.0 Å². The van der Waals surface area contributed by atoms with Crippen LogP contribution in [0.4, 0.5) is 0 Å². The SMILES string of the molecule is CC/C=C\C/C=C\C/C=C\C/C=C\C/C=C\CCCCCC(=O)OCC(COP(=O)(O)OCC(O)COP(=O)(O)OCC(COC(=O)CCCCCC/C=C\C/C=C\C/C=C\C/C=C\CC)OC(=O)CCCCCCCCCCCCCCCCC)OC(=O)CCCCCCC/C=C\CCCCCCCC. The minimum Gasteiger partial charge on any atom is -0.462 e. The smallest absolute Gasteiger partial charge is 0.462 e. The first-order valence-corrected chi connectivity index (χ1v) is 44.8. The minimum absolute atomic E-state index is 0.0759. The van der Waals surface area contributed by atoms with Crippen LogP contribution in [-0.2, 0) is 65.4 Å². The highest BCUT2D eigenvalue weighted by Crippen LogP contribution is 2.45. The van der Waals surface area contributed by atoms with Gasteiger partial charge in [0.05, 0.1) is 26.4 Å². The van der Waals surface area contributed by atoms with E-state index in [1.807, 2.05) is 0 Å². The van der Waals surface area contributed by atoms with Gasteiger partial charge < -0.3 is 33.8 Å². The fourth-order valence-corrected chi connectivity index (χ4v) is 12.7. The highest BCUT2D eigenvalue weighted by atomic mass is 31.2. The molecule has 0 heterocycles. The number of hydrogen-bond donors (Lipinski definition) is 3. The molecule has 0 aromatic rings. The van der Waals surface area contributed by atoms with Crippen LogP contribution >= 0.6 is 15.6 Å². The van der Waals surface area contributed by atoms with Crippen LogP contribution < -0.4 is 0 Å². The van der Waals surface area contributed by atoms with Crippen molar-refractivity contribution >= 4 is 39.5 Å². The summed E-state index contributed by atoms with van der Waals surface area (Å²) in [7, 11) is -9.98. The van der Waals surface area contributed by atoms with Crippen LogP contribution in [0.1, 0.15) is 349 Å². The molecule has 0 saturated heterocycles. The molecule has 0 rings (SSSR count). The molecule has 0 aliphatic heterocycles. The summed E-state index contributed by atoms with van der Waals surface area (Å²) >= 11 is 0. The Bertz CT molecular complexity index is 2480.